The van der Waals surface area contributed by atoms with Crippen LogP contribution < -0.4 is 14.5 Å². The highest BCUT2D eigenvalue weighted by Crippen LogP contribution is 2.22. The summed E-state index contributed by atoms with van der Waals surface area (Å²) in [5.74, 6) is 1.53. The molecule has 0 aliphatic heterocycles. The summed E-state index contributed by atoms with van der Waals surface area (Å²) in [6.45, 7) is 0. The van der Waals surface area contributed by atoms with Crippen molar-refractivity contribution in [1.82, 2.24) is 0 Å². The van der Waals surface area contributed by atoms with Gasteiger partial charge in [-0.2, -0.15) is 5.10 Å². The Labute approximate surface area is 119 Å². The van der Waals surface area contributed by atoms with Gasteiger partial charge in [0.1, 0.15) is 11.5 Å². The number of para-hydroxylation sites is 1. The van der Waals surface area contributed by atoms with Crippen molar-refractivity contribution in [2.24, 2.45) is 5.10 Å². The molecule has 4 nitrogen and oxygen atoms in total. The van der Waals surface area contributed by atoms with E-state index in [1.54, 1.807) is 25.4 Å². The van der Waals surface area contributed by atoms with E-state index in [2.05, 4.69) is 5.10 Å². The monoisotopic (exact) mass is 270 g/mol. The molecule has 4 heteroatoms. The van der Waals surface area contributed by atoms with Crippen LogP contribution in [-0.4, -0.2) is 27.5 Å². The zero-order chi connectivity index (χ0) is 14.4. The predicted octanol–water partition coefficient (Wildman–Crippen LogP) is 3.17. The standard InChI is InChI=1S/C16H18N2O2/c1-18(14-7-5-4-6-8-14)17-12-13-11-15(19-2)9-10-16(13)20-3/h4-12H,1-3H3/b17-12+. The maximum absolute atomic E-state index is 5.32. The van der Waals surface area contributed by atoms with E-state index < -0.39 is 0 Å². The fraction of sp³-hybridized carbons (Fsp3) is 0.188. The number of anilines is 1. The average Bonchev–Trinajstić information content (AvgIpc) is 2.53. The Balaban J connectivity index is 2.22. The molecule has 0 spiro atoms. The minimum Gasteiger partial charge on any atom is -0.497 e. The quantitative estimate of drug-likeness (QED) is 0.618. The van der Waals surface area contributed by atoms with Crippen LogP contribution in [0.1, 0.15) is 5.56 Å². The summed E-state index contributed by atoms with van der Waals surface area (Å²) < 4.78 is 10.5. The summed E-state index contributed by atoms with van der Waals surface area (Å²) in [5.41, 5.74) is 1.89. The van der Waals surface area contributed by atoms with E-state index in [0.29, 0.717) is 0 Å². The molecule has 104 valence electrons. The summed E-state index contributed by atoms with van der Waals surface area (Å²) >= 11 is 0. The second-order valence-electron chi connectivity index (χ2n) is 4.21. The maximum Gasteiger partial charge on any atom is 0.127 e. The van der Waals surface area contributed by atoms with Gasteiger partial charge in [-0.1, -0.05) is 18.2 Å². The molecule has 0 saturated heterocycles. The van der Waals surface area contributed by atoms with Crippen molar-refractivity contribution in [2.45, 2.75) is 0 Å². The van der Waals surface area contributed by atoms with Gasteiger partial charge in [0.2, 0.25) is 0 Å². The summed E-state index contributed by atoms with van der Waals surface area (Å²) in [6.07, 6.45) is 1.76. The molecule has 2 rings (SSSR count). The average molecular weight is 270 g/mol. The zero-order valence-corrected chi connectivity index (χ0v) is 11.9. The molecular weight excluding hydrogens is 252 g/mol. The SMILES string of the molecule is COc1ccc(OC)c(/C=N/N(C)c2ccccc2)c1. The first-order valence-corrected chi connectivity index (χ1v) is 6.29. The van der Waals surface area contributed by atoms with Crippen molar-refractivity contribution in [1.29, 1.82) is 0 Å². The van der Waals surface area contributed by atoms with Crippen LogP contribution in [0.25, 0.3) is 0 Å². The first kappa shape index (κ1) is 13.9. The summed E-state index contributed by atoms with van der Waals surface area (Å²) in [7, 11) is 5.18. The second-order valence-corrected chi connectivity index (χ2v) is 4.21. The van der Waals surface area contributed by atoms with Gasteiger partial charge < -0.3 is 9.47 Å². The lowest BCUT2D eigenvalue weighted by atomic mass is 10.2. The predicted molar refractivity (Wildman–Crippen MR) is 82.0 cm³/mol. The zero-order valence-electron chi connectivity index (χ0n) is 11.9. The first-order valence-electron chi connectivity index (χ1n) is 6.29. The summed E-state index contributed by atoms with van der Waals surface area (Å²) in [4.78, 5) is 0. The molecule has 2 aromatic rings. The lowest BCUT2D eigenvalue weighted by molar-refractivity contribution is 0.402. The molecule has 2 aromatic carbocycles. The Bertz CT molecular complexity index is 582. The van der Waals surface area contributed by atoms with Crippen LogP contribution >= 0.6 is 0 Å². The van der Waals surface area contributed by atoms with E-state index in [1.165, 1.54) is 0 Å². The molecule has 0 atom stereocenters. The summed E-state index contributed by atoms with van der Waals surface area (Å²) in [6, 6.07) is 15.5. The van der Waals surface area contributed by atoms with Crippen molar-refractivity contribution < 1.29 is 9.47 Å². The molecule has 0 N–H and O–H groups in total. The van der Waals surface area contributed by atoms with Crippen LogP contribution in [-0.2, 0) is 0 Å². The van der Waals surface area contributed by atoms with Crippen molar-refractivity contribution in [3.63, 3.8) is 0 Å². The van der Waals surface area contributed by atoms with Crippen LogP contribution in [0.3, 0.4) is 0 Å². The Morgan fingerprint density at radius 3 is 2.40 bits per heavy atom. The number of nitrogens with zero attached hydrogens (tertiary/aromatic N) is 2. The second kappa shape index (κ2) is 6.61. The van der Waals surface area contributed by atoms with E-state index in [1.807, 2.05) is 55.6 Å². The van der Waals surface area contributed by atoms with Crippen LogP contribution in [0.15, 0.2) is 53.6 Å². The van der Waals surface area contributed by atoms with Crippen LogP contribution in [0.2, 0.25) is 0 Å². The third kappa shape index (κ3) is 3.29. The van der Waals surface area contributed by atoms with E-state index in [9.17, 15) is 0 Å². The molecule has 0 aromatic heterocycles. The van der Waals surface area contributed by atoms with E-state index in [4.69, 9.17) is 9.47 Å². The third-order valence-electron chi connectivity index (χ3n) is 2.94. The fourth-order valence-corrected chi connectivity index (χ4v) is 1.80. The number of methoxy groups -OCH3 is 2. The van der Waals surface area contributed by atoms with Gasteiger partial charge in [-0.15, -0.1) is 0 Å². The lowest BCUT2D eigenvalue weighted by Crippen LogP contribution is -2.08. The van der Waals surface area contributed by atoms with Crippen molar-refractivity contribution in [3.8, 4) is 11.5 Å². The Kier molecular flexibility index (Phi) is 4.60. The highest BCUT2D eigenvalue weighted by molar-refractivity contribution is 5.84. The lowest BCUT2D eigenvalue weighted by Gasteiger charge is -2.13. The van der Waals surface area contributed by atoms with Gasteiger partial charge in [-0.25, -0.2) is 0 Å². The molecule has 0 saturated carbocycles. The minimum absolute atomic E-state index is 0.760. The number of benzene rings is 2. The molecule has 0 radical (unpaired) electrons. The highest BCUT2D eigenvalue weighted by Gasteiger charge is 2.03. The molecule has 20 heavy (non-hydrogen) atoms. The Morgan fingerprint density at radius 2 is 1.75 bits per heavy atom. The van der Waals surface area contributed by atoms with Gasteiger partial charge in [0, 0.05) is 12.6 Å². The molecular formula is C16H18N2O2. The van der Waals surface area contributed by atoms with E-state index >= 15 is 0 Å². The number of rotatable bonds is 5. The minimum atomic E-state index is 0.760. The normalized spacial score (nSPS) is 10.6. The summed E-state index contributed by atoms with van der Waals surface area (Å²) in [5, 5.41) is 6.23. The van der Waals surface area contributed by atoms with Crippen molar-refractivity contribution in [3.05, 3.63) is 54.1 Å². The smallest absolute Gasteiger partial charge is 0.127 e. The van der Waals surface area contributed by atoms with Crippen LogP contribution in [0.5, 0.6) is 11.5 Å². The molecule has 0 heterocycles. The van der Waals surface area contributed by atoms with E-state index in [-0.39, 0.29) is 0 Å². The van der Waals surface area contributed by atoms with Crippen molar-refractivity contribution in [2.75, 3.05) is 26.3 Å². The van der Waals surface area contributed by atoms with Crippen LogP contribution in [0, 0.1) is 0 Å². The largest absolute Gasteiger partial charge is 0.497 e. The first-order chi connectivity index (χ1) is 9.74. The van der Waals surface area contributed by atoms with Gasteiger partial charge >= 0.3 is 0 Å². The van der Waals surface area contributed by atoms with Crippen LogP contribution in [0.4, 0.5) is 5.69 Å². The maximum atomic E-state index is 5.32. The Hall–Kier alpha value is -2.49. The number of ether oxygens (including phenoxy) is 2. The molecule has 0 unspecified atom stereocenters. The van der Waals surface area contributed by atoms with Gasteiger partial charge in [0.05, 0.1) is 26.1 Å². The molecule has 0 aliphatic rings. The fourth-order valence-electron chi connectivity index (χ4n) is 1.80. The van der Waals surface area contributed by atoms with Gasteiger partial charge in [0.25, 0.3) is 0 Å². The molecule has 0 amide bonds. The molecule has 0 bridgehead atoms. The highest BCUT2D eigenvalue weighted by atomic mass is 16.5. The number of hydrogen-bond donors (Lipinski definition) is 0. The number of hydrogen-bond acceptors (Lipinski definition) is 4. The molecule has 0 aliphatic carbocycles. The third-order valence-corrected chi connectivity index (χ3v) is 2.94. The van der Waals surface area contributed by atoms with Crippen molar-refractivity contribution >= 4 is 11.9 Å². The topological polar surface area (TPSA) is 34.1 Å². The molecule has 0 fully saturated rings. The number of hydrazone groups is 1. The Morgan fingerprint density at radius 1 is 1.00 bits per heavy atom. The van der Waals surface area contributed by atoms with Gasteiger partial charge in [-0.05, 0) is 30.3 Å². The van der Waals surface area contributed by atoms with Gasteiger partial charge in [-0.3, -0.25) is 5.01 Å². The van der Waals surface area contributed by atoms with E-state index in [0.717, 1.165) is 22.7 Å². The van der Waals surface area contributed by atoms with Gasteiger partial charge in [0.15, 0.2) is 0 Å².